The molecule has 0 aliphatic carbocycles. The molecule has 2 aromatic rings. The zero-order chi connectivity index (χ0) is 17.6. The molecule has 2 heterocycles. The summed E-state index contributed by atoms with van der Waals surface area (Å²) in [5.74, 6) is 0.429. The predicted octanol–water partition coefficient (Wildman–Crippen LogP) is 4.14. The Labute approximate surface area is 203 Å². The van der Waals surface area contributed by atoms with Crippen LogP contribution in [0.1, 0.15) is 24.3 Å². The van der Waals surface area contributed by atoms with Crippen LogP contribution < -0.4 is 4.90 Å². The van der Waals surface area contributed by atoms with E-state index in [0.29, 0.717) is 12.0 Å². The second-order valence-corrected chi connectivity index (χ2v) is 6.50. The fourth-order valence-corrected chi connectivity index (χ4v) is 3.91. The average molecular weight is 609 g/mol. The Hall–Kier alpha value is -0.0778. The van der Waals surface area contributed by atoms with Gasteiger partial charge in [-0.05, 0) is 32.0 Å². The van der Waals surface area contributed by atoms with Crippen molar-refractivity contribution in [3.05, 3.63) is 79.8 Å². The van der Waals surface area contributed by atoms with E-state index in [1.54, 1.807) is 0 Å². The average Bonchev–Trinajstić information content (AvgIpc) is 2.96. The minimum Gasteiger partial charge on any atom is -0.420 e. The third kappa shape index (κ3) is 6.20. The quantitative estimate of drug-likeness (QED) is 0.484. The van der Waals surface area contributed by atoms with Crippen LogP contribution in [-0.2, 0) is 53.8 Å². The van der Waals surface area contributed by atoms with Crippen molar-refractivity contribution < 1.29 is 58.2 Å². The molecule has 1 radical (unpaired) electrons. The molecular weight excluding hydrogens is 584 g/mol. The van der Waals surface area contributed by atoms with E-state index in [4.69, 9.17) is 0 Å². The third-order valence-corrected chi connectivity index (χ3v) is 5.01. The molecule has 4 rings (SSSR count). The maximum absolute atomic E-state index is 11.9. The molecule has 2 nitrogen and oxygen atoms in total. The zero-order valence-electron chi connectivity index (χ0n) is 15.6. The van der Waals surface area contributed by atoms with Crippen LogP contribution in [0.25, 0.3) is 0 Å². The maximum atomic E-state index is 11.9. The first-order valence-corrected chi connectivity index (χ1v) is 8.94. The van der Waals surface area contributed by atoms with E-state index in [1.807, 2.05) is 6.07 Å². The molecular formula is C22H25FN2WY-2. The summed E-state index contributed by atoms with van der Waals surface area (Å²) in [6, 6.07) is 18.9. The van der Waals surface area contributed by atoms with E-state index in [1.165, 1.54) is 55.0 Å². The maximum Gasteiger partial charge on any atom is 2.00 e. The standard InChI is InChI=1S/C16H21N2.C6H4F.W.Y/c1-3-10-17-11-9-16-14(12-17)13-7-5-6-8-15(13)18(16)4-2;7-6-4-2-1-3-5-6;;/h5-7,14,16H,1-4,9-12H2;2-5H;;/q-3;-1;+2;/t14-,16-;;;/m0.../s1. The normalized spacial score (nSPS) is 20.3. The topological polar surface area (TPSA) is 6.48 Å². The number of nitrogens with zero attached hydrogens (tertiary/aromatic N) is 2. The van der Waals surface area contributed by atoms with Gasteiger partial charge in [0.05, 0.1) is 0 Å². The van der Waals surface area contributed by atoms with Gasteiger partial charge in [-0.3, -0.25) is 0 Å². The van der Waals surface area contributed by atoms with Crippen LogP contribution in [0.15, 0.2) is 42.5 Å². The number of likely N-dealkylation sites (tertiary alicyclic amines) is 1. The number of rotatable bonds is 3. The van der Waals surface area contributed by atoms with Gasteiger partial charge in [0.15, 0.2) is 0 Å². The Morgan fingerprint density at radius 1 is 1.15 bits per heavy atom. The molecule has 0 bridgehead atoms. The summed E-state index contributed by atoms with van der Waals surface area (Å²) in [6.45, 7) is 12.4. The number of halogens is 1. The van der Waals surface area contributed by atoms with Gasteiger partial charge in [0.1, 0.15) is 0 Å². The van der Waals surface area contributed by atoms with Gasteiger partial charge in [-0.2, -0.15) is 48.9 Å². The molecule has 0 amide bonds. The first-order valence-electron chi connectivity index (χ1n) is 8.94. The summed E-state index contributed by atoms with van der Waals surface area (Å²) >= 11 is 0. The molecule has 2 aliphatic rings. The van der Waals surface area contributed by atoms with Crippen LogP contribution in [0.5, 0.6) is 0 Å². The summed E-state index contributed by atoms with van der Waals surface area (Å²) in [5, 5.41) is 0. The minimum absolute atomic E-state index is 0. The number of anilines is 1. The second-order valence-electron chi connectivity index (χ2n) is 6.50. The molecule has 1 fully saturated rings. The van der Waals surface area contributed by atoms with Crippen molar-refractivity contribution in [2.24, 2.45) is 0 Å². The molecule has 0 N–H and O–H groups in total. The van der Waals surface area contributed by atoms with Crippen molar-refractivity contribution in [1.82, 2.24) is 4.90 Å². The minimum atomic E-state index is -0.209. The van der Waals surface area contributed by atoms with Crippen LogP contribution in [0.3, 0.4) is 0 Å². The number of benzene rings is 2. The smallest absolute Gasteiger partial charge is 0.420 e. The van der Waals surface area contributed by atoms with Gasteiger partial charge >= 0.3 is 21.1 Å². The van der Waals surface area contributed by atoms with Crippen LogP contribution in [0, 0.1) is 31.8 Å². The fraction of sp³-hybridized carbons (Fsp3) is 0.364. The molecule has 1 saturated heterocycles. The number of piperidine rings is 1. The number of hydrogen-bond acceptors (Lipinski definition) is 2. The molecule has 27 heavy (non-hydrogen) atoms. The molecule has 5 heteroatoms. The molecule has 0 saturated carbocycles. The van der Waals surface area contributed by atoms with Crippen molar-refractivity contribution in [3.8, 4) is 0 Å². The number of hydrogen-bond donors (Lipinski definition) is 0. The van der Waals surface area contributed by atoms with Gasteiger partial charge in [0, 0.05) is 44.6 Å². The summed E-state index contributed by atoms with van der Waals surface area (Å²) < 4.78 is 11.9. The van der Waals surface area contributed by atoms with Crippen LogP contribution in [-0.4, -0.2) is 37.1 Å². The Morgan fingerprint density at radius 2 is 1.89 bits per heavy atom. The fourth-order valence-electron chi connectivity index (χ4n) is 3.91. The van der Waals surface area contributed by atoms with Gasteiger partial charge in [0.2, 0.25) is 0 Å². The summed E-state index contributed by atoms with van der Waals surface area (Å²) in [5.41, 5.74) is 2.76. The predicted molar refractivity (Wildman–Crippen MR) is 101 cm³/mol. The van der Waals surface area contributed by atoms with Crippen molar-refractivity contribution in [3.63, 3.8) is 0 Å². The largest absolute Gasteiger partial charge is 2.00 e. The summed E-state index contributed by atoms with van der Waals surface area (Å²) in [6.07, 6.45) is 2.24. The molecule has 0 spiro atoms. The molecule has 2 aliphatic heterocycles. The molecule has 141 valence electrons. The zero-order valence-corrected chi connectivity index (χ0v) is 21.4. The van der Waals surface area contributed by atoms with Gasteiger partial charge < -0.3 is 23.6 Å². The number of fused-ring (bicyclic) bond motifs is 3. The van der Waals surface area contributed by atoms with Crippen LogP contribution in [0.2, 0.25) is 0 Å². The summed E-state index contributed by atoms with van der Waals surface area (Å²) in [4.78, 5) is 5.00. The van der Waals surface area contributed by atoms with Gasteiger partial charge in [-0.1, -0.05) is 5.69 Å². The Balaban J connectivity index is 0.000000347. The van der Waals surface area contributed by atoms with E-state index in [2.05, 4.69) is 47.9 Å². The summed E-state index contributed by atoms with van der Waals surface area (Å²) in [7, 11) is 0. The van der Waals surface area contributed by atoms with E-state index < -0.39 is 0 Å². The van der Waals surface area contributed by atoms with Crippen molar-refractivity contribution in [2.75, 3.05) is 31.1 Å². The first kappa shape index (κ1) is 25.0. The van der Waals surface area contributed by atoms with Gasteiger partial charge in [0.25, 0.3) is 0 Å². The van der Waals surface area contributed by atoms with Gasteiger partial charge in [-0.25, -0.2) is 4.39 Å². The number of para-hydroxylation sites is 1. The molecule has 0 aromatic heterocycles. The van der Waals surface area contributed by atoms with E-state index in [-0.39, 0.29) is 59.6 Å². The van der Waals surface area contributed by atoms with Crippen LogP contribution >= 0.6 is 0 Å². The van der Waals surface area contributed by atoms with E-state index in [9.17, 15) is 4.39 Å². The second kappa shape index (κ2) is 12.5. The van der Waals surface area contributed by atoms with Crippen LogP contribution in [0.4, 0.5) is 10.1 Å². The Morgan fingerprint density at radius 3 is 2.48 bits per heavy atom. The molecule has 2 aromatic carbocycles. The molecule has 2 atom stereocenters. The Kier molecular flexibility index (Phi) is 11.5. The van der Waals surface area contributed by atoms with Crippen molar-refractivity contribution in [1.29, 1.82) is 0 Å². The van der Waals surface area contributed by atoms with Crippen molar-refractivity contribution >= 4 is 5.69 Å². The monoisotopic (exact) mass is 609 g/mol. The third-order valence-electron chi connectivity index (χ3n) is 5.01. The Bertz CT molecular complexity index is 670. The first-order chi connectivity index (χ1) is 12.2. The van der Waals surface area contributed by atoms with E-state index >= 15 is 0 Å². The van der Waals surface area contributed by atoms with Gasteiger partial charge in [-0.15, -0.1) is 24.2 Å². The van der Waals surface area contributed by atoms with Crippen molar-refractivity contribution in [2.45, 2.75) is 24.8 Å². The SMILES string of the molecule is Fc1cc[c-]cc1.[CH2-]CCN1CC[C@H]2[C@@H](C1)c1ccc[c-]c1N2C[CH2-].[W+2].[Y]. The molecule has 0 unspecified atom stereocenters. The van der Waals surface area contributed by atoms with E-state index in [0.717, 1.165) is 19.5 Å².